The third kappa shape index (κ3) is 5.13. The van der Waals surface area contributed by atoms with Gasteiger partial charge in [-0.2, -0.15) is 0 Å². The van der Waals surface area contributed by atoms with E-state index in [1.54, 1.807) is 20.8 Å². The van der Waals surface area contributed by atoms with Gasteiger partial charge in [-0.25, -0.2) is 9.59 Å². The third-order valence-electron chi connectivity index (χ3n) is 4.21. The van der Waals surface area contributed by atoms with Crippen molar-refractivity contribution in [2.45, 2.75) is 64.7 Å². The molecular formula is C20H29NO5. The summed E-state index contributed by atoms with van der Waals surface area (Å²) in [6.45, 7) is 9.91. The van der Waals surface area contributed by atoms with Crippen molar-refractivity contribution in [2.24, 2.45) is 0 Å². The summed E-state index contributed by atoms with van der Waals surface area (Å²) in [6, 6.07) is 7.18. The first-order valence-electron chi connectivity index (χ1n) is 8.94. The van der Waals surface area contributed by atoms with Crippen LogP contribution in [0.1, 0.15) is 52.5 Å². The molecule has 1 amide bonds. The number of esters is 1. The van der Waals surface area contributed by atoms with E-state index in [0.717, 1.165) is 0 Å². The molecule has 1 aromatic carbocycles. The number of carbonyl (C=O) groups is 2. The van der Waals surface area contributed by atoms with Gasteiger partial charge < -0.3 is 14.2 Å². The topological polar surface area (TPSA) is 65.1 Å². The highest BCUT2D eigenvalue weighted by Gasteiger charge is 2.43. The maximum absolute atomic E-state index is 12.4. The van der Waals surface area contributed by atoms with E-state index in [4.69, 9.17) is 14.2 Å². The Morgan fingerprint density at radius 1 is 1.15 bits per heavy atom. The minimum atomic E-state index is -0.699. The van der Waals surface area contributed by atoms with E-state index >= 15 is 0 Å². The van der Waals surface area contributed by atoms with E-state index in [1.165, 1.54) is 17.6 Å². The zero-order valence-corrected chi connectivity index (χ0v) is 16.4. The van der Waals surface area contributed by atoms with E-state index in [0.29, 0.717) is 18.1 Å². The Morgan fingerprint density at radius 2 is 1.77 bits per heavy atom. The Labute approximate surface area is 155 Å². The molecular weight excluding hydrogens is 334 g/mol. The number of carbonyl (C=O) groups excluding carboxylic acids is 2. The van der Waals surface area contributed by atoms with Crippen molar-refractivity contribution in [3.63, 3.8) is 0 Å². The predicted molar refractivity (Wildman–Crippen MR) is 98.3 cm³/mol. The van der Waals surface area contributed by atoms with E-state index in [9.17, 15) is 9.59 Å². The minimum absolute atomic E-state index is 0.278. The standard InChI is InChI=1S/C20H29NO5/c1-13(2)14-7-9-15(10-8-14)25-16-11-17(18(22)24-6)21(12-16)19(23)26-20(3,4)5/h7-10,13,16-17H,11-12H2,1-6H3/t16-,17+/m1/s1. The molecule has 6 heteroatoms. The number of benzene rings is 1. The molecule has 1 heterocycles. The summed E-state index contributed by atoms with van der Waals surface area (Å²) >= 11 is 0. The maximum Gasteiger partial charge on any atom is 0.411 e. The van der Waals surface area contributed by atoms with Gasteiger partial charge in [-0.15, -0.1) is 0 Å². The van der Waals surface area contributed by atoms with E-state index in [-0.39, 0.29) is 12.6 Å². The molecule has 0 aromatic heterocycles. The SMILES string of the molecule is COC(=O)[C@@H]1C[C@@H](Oc2ccc(C(C)C)cc2)CN1C(=O)OC(C)(C)C. The molecule has 0 saturated carbocycles. The van der Waals surface area contributed by atoms with Crippen LogP contribution in [0.3, 0.4) is 0 Å². The molecule has 0 bridgehead atoms. The van der Waals surface area contributed by atoms with Crippen LogP contribution in [0.25, 0.3) is 0 Å². The van der Waals surface area contributed by atoms with E-state index < -0.39 is 23.7 Å². The van der Waals surface area contributed by atoms with Gasteiger partial charge in [-0.1, -0.05) is 26.0 Å². The number of methoxy groups -OCH3 is 1. The zero-order chi connectivity index (χ0) is 19.5. The molecule has 1 aromatic rings. The van der Waals surface area contributed by atoms with Crippen LogP contribution in [0.4, 0.5) is 4.79 Å². The predicted octanol–water partition coefficient (Wildman–Crippen LogP) is 3.74. The third-order valence-corrected chi connectivity index (χ3v) is 4.21. The molecule has 2 atom stereocenters. The number of hydrogen-bond donors (Lipinski definition) is 0. The van der Waals surface area contributed by atoms with E-state index in [2.05, 4.69) is 13.8 Å². The van der Waals surface area contributed by atoms with Gasteiger partial charge in [0.25, 0.3) is 0 Å². The molecule has 0 spiro atoms. The van der Waals surface area contributed by atoms with Crippen LogP contribution in [-0.2, 0) is 14.3 Å². The molecule has 26 heavy (non-hydrogen) atoms. The van der Waals surface area contributed by atoms with Crippen LogP contribution in [0.5, 0.6) is 5.75 Å². The molecule has 1 aliphatic heterocycles. The first kappa shape index (κ1) is 20.1. The average Bonchev–Trinajstić information content (AvgIpc) is 2.97. The highest BCUT2D eigenvalue weighted by Crippen LogP contribution is 2.27. The van der Waals surface area contributed by atoms with Gasteiger partial charge in [0.05, 0.1) is 13.7 Å². The number of rotatable bonds is 4. The monoisotopic (exact) mass is 363 g/mol. The fourth-order valence-corrected chi connectivity index (χ4v) is 2.89. The second-order valence-corrected chi connectivity index (χ2v) is 7.87. The summed E-state index contributed by atoms with van der Waals surface area (Å²) in [6.07, 6.45) is -0.455. The lowest BCUT2D eigenvalue weighted by molar-refractivity contribution is -0.145. The molecule has 144 valence electrons. The van der Waals surface area contributed by atoms with Crippen LogP contribution >= 0.6 is 0 Å². The number of ether oxygens (including phenoxy) is 3. The van der Waals surface area contributed by atoms with Crippen molar-refractivity contribution in [2.75, 3.05) is 13.7 Å². The molecule has 6 nitrogen and oxygen atoms in total. The molecule has 0 radical (unpaired) electrons. The van der Waals surface area contributed by atoms with Gasteiger partial charge >= 0.3 is 12.1 Å². The summed E-state index contributed by atoms with van der Waals surface area (Å²) in [5, 5.41) is 0. The second-order valence-electron chi connectivity index (χ2n) is 7.87. The van der Waals surface area contributed by atoms with Crippen LogP contribution in [0.15, 0.2) is 24.3 Å². The normalized spacial score (nSPS) is 20.2. The maximum atomic E-state index is 12.4. The van der Waals surface area contributed by atoms with E-state index in [1.807, 2.05) is 24.3 Å². The number of nitrogens with zero attached hydrogens (tertiary/aromatic N) is 1. The van der Waals surface area contributed by atoms with Gasteiger partial charge in [-0.05, 0) is 44.4 Å². The Kier molecular flexibility index (Phi) is 6.16. The number of likely N-dealkylation sites (tertiary alicyclic amines) is 1. The van der Waals surface area contributed by atoms with Crippen molar-refractivity contribution < 1.29 is 23.8 Å². The summed E-state index contributed by atoms with van der Waals surface area (Å²) < 4.78 is 16.2. The fraction of sp³-hybridized carbons (Fsp3) is 0.600. The Bertz CT molecular complexity index is 633. The molecule has 0 unspecified atom stereocenters. The molecule has 0 aliphatic carbocycles. The largest absolute Gasteiger partial charge is 0.488 e. The molecule has 2 rings (SSSR count). The first-order chi connectivity index (χ1) is 12.1. The fourth-order valence-electron chi connectivity index (χ4n) is 2.89. The van der Waals surface area contributed by atoms with Crippen molar-refractivity contribution >= 4 is 12.1 Å². The highest BCUT2D eigenvalue weighted by atomic mass is 16.6. The number of amides is 1. The van der Waals surface area contributed by atoms with Gasteiger partial charge in [0.2, 0.25) is 0 Å². The molecule has 1 saturated heterocycles. The Morgan fingerprint density at radius 3 is 2.27 bits per heavy atom. The summed E-state index contributed by atoms with van der Waals surface area (Å²) in [4.78, 5) is 25.9. The summed E-state index contributed by atoms with van der Waals surface area (Å²) in [7, 11) is 1.31. The van der Waals surface area contributed by atoms with Crippen LogP contribution in [0.2, 0.25) is 0 Å². The van der Waals surface area contributed by atoms with Gasteiger partial charge in [0.15, 0.2) is 0 Å². The van der Waals surface area contributed by atoms with Gasteiger partial charge in [0.1, 0.15) is 23.5 Å². The minimum Gasteiger partial charge on any atom is -0.488 e. The quantitative estimate of drug-likeness (QED) is 0.763. The molecule has 0 N–H and O–H groups in total. The molecule has 1 aliphatic rings. The van der Waals surface area contributed by atoms with Crippen molar-refractivity contribution in [1.82, 2.24) is 4.90 Å². The van der Waals surface area contributed by atoms with Gasteiger partial charge in [0, 0.05) is 6.42 Å². The van der Waals surface area contributed by atoms with Crippen molar-refractivity contribution in [3.05, 3.63) is 29.8 Å². The lowest BCUT2D eigenvalue weighted by Crippen LogP contribution is -2.44. The number of hydrogen-bond acceptors (Lipinski definition) is 5. The van der Waals surface area contributed by atoms with Crippen LogP contribution in [-0.4, -0.2) is 48.4 Å². The highest BCUT2D eigenvalue weighted by molar-refractivity contribution is 5.82. The Hall–Kier alpha value is -2.24. The smallest absolute Gasteiger partial charge is 0.411 e. The van der Waals surface area contributed by atoms with Crippen molar-refractivity contribution in [1.29, 1.82) is 0 Å². The summed E-state index contributed by atoms with van der Waals surface area (Å²) in [5.41, 5.74) is 0.593. The first-order valence-corrected chi connectivity index (χ1v) is 8.94. The molecule has 1 fully saturated rings. The summed E-state index contributed by atoms with van der Waals surface area (Å²) in [5.74, 6) is 0.702. The lowest BCUT2D eigenvalue weighted by atomic mass is 10.0. The second kappa shape index (κ2) is 7.98. The van der Waals surface area contributed by atoms with Crippen LogP contribution in [0, 0.1) is 0 Å². The average molecular weight is 363 g/mol. The zero-order valence-electron chi connectivity index (χ0n) is 16.4. The Balaban J connectivity index is 2.09. The van der Waals surface area contributed by atoms with Crippen molar-refractivity contribution in [3.8, 4) is 5.75 Å². The van der Waals surface area contributed by atoms with Crippen LogP contribution < -0.4 is 4.74 Å². The lowest BCUT2D eigenvalue weighted by Gasteiger charge is -2.27. The van der Waals surface area contributed by atoms with Gasteiger partial charge in [-0.3, -0.25) is 4.90 Å².